The highest BCUT2D eigenvalue weighted by Gasteiger charge is 2.48. The van der Waals surface area contributed by atoms with Gasteiger partial charge in [-0.05, 0) is 49.8 Å². The van der Waals surface area contributed by atoms with Crippen LogP contribution in [0.1, 0.15) is 37.1 Å². The molecule has 3 aromatic rings. The lowest BCUT2D eigenvalue weighted by Crippen LogP contribution is -2.57. The summed E-state index contributed by atoms with van der Waals surface area (Å²) in [5, 5.41) is 32.0. The van der Waals surface area contributed by atoms with Gasteiger partial charge in [0, 0.05) is 24.3 Å². The molecule has 2 saturated heterocycles. The van der Waals surface area contributed by atoms with E-state index in [1.54, 1.807) is 24.5 Å². The molecule has 2 aliphatic heterocycles. The van der Waals surface area contributed by atoms with Crippen LogP contribution in [-0.4, -0.2) is 55.6 Å². The zero-order valence-corrected chi connectivity index (χ0v) is 18.5. The van der Waals surface area contributed by atoms with Crippen molar-refractivity contribution >= 4 is 17.2 Å². The Balaban J connectivity index is 1.26. The van der Waals surface area contributed by atoms with Gasteiger partial charge < -0.3 is 15.3 Å². The van der Waals surface area contributed by atoms with E-state index in [1.807, 2.05) is 12.1 Å². The topological polar surface area (TPSA) is 111 Å². The normalized spacial score (nSPS) is 26.2. The first-order valence-corrected chi connectivity index (χ1v) is 12.0. The third-order valence-corrected chi connectivity index (χ3v) is 7.74. The van der Waals surface area contributed by atoms with Gasteiger partial charge in [0.25, 0.3) is 0 Å². The molecule has 168 valence electrons. The van der Waals surface area contributed by atoms with Crippen molar-refractivity contribution in [1.29, 1.82) is 5.26 Å². The summed E-state index contributed by atoms with van der Waals surface area (Å²) in [4.78, 5) is 11.4. The number of phenols is 1. The molecule has 0 radical (unpaired) electrons. The Hall–Kier alpha value is -3.16. The maximum absolute atomic E-state index is 15.2. The summed E-state index contributed by atoms with van der Waals surface area (Å²) >= 11 is 1.26. The number of aromatic hydroxyl groups is 1. The molecule has 3 fully saturated rings. The van der Waals surface area contributed by atoms with Crippen molar-refractivity contribution in [3.63, 3.8) is 0 Å². The number of fused-ring (bicyclic) bond motifs is 2. The van der Waals surface area contributed by atoms with E-state index in [2.05, 4.69) is 30.4 Å². The number of phenolic OH excluding ortho intramolecular Hbond substituents is 1. The number of hydrogen-bond acceptors (Lipinski definition) is 9. The van der Waals surface area contributed by atoms with Crippen molar-refractivity contribution in [2.24, 2.45) is 0 Å². The molecule has 3 aliphatic rings. The molecule has 33 heavy (non-hydrogen) atoms. The van der Waals surface area contributed by atoms with Gasteiger partial charge in [-0.1, -0.05) is 6.07 Å². The smallest absolute Gasteiger partial charge is 0.194 e. The number of anilines is 1. The molecule has 1 aliphatic carbocycles. The molecule has 1 saturated carbocycles. The quantitative estimate of drug-likeness (QED) is 0.592. The standard InChI is InChI=1S/C23H22FN7OS/c24-22-16-6-2-13(28-16)8-17(22)31(14-3-4-14)20-11-27-23(30-29-20)15-5-1-12(7-18(15)32)19-10-26-21(9-25)33-19/h1,5,7,10-11,13-14,16-17,22,28,32H,2-4,6,8H2/t13-,16+,17+,22-/m0/s1. The van der Waals surface area contributed by atoms with E-state index in [0.717, 1.165) is 42.5 Å². The summed E-state index contributed by atoms with van der Waals surface area (Å²) in [5.74, 6) is 0.925. The first kappa shape index (κ1) is 20.4. The molecule has 0 unspecified atom stereocenters. The molecule has 6 rings (SSSR count). The fourth-order valence-corrected chi connectivity index (χ4v) is 5.78. The largest absolute Gasteiger partial charge is 0.507 e. The number of nitrogens with one attached hydrogen (secondary N) is 1. The summed E-state index contributed by atoms with van der Waals surface area (Å²) in [7, 11) is 0. The summed E-state index contributed by atoms with van der Waals surface area (Å²) in [5.41, 5.74) is 1.22. The second-order valence-corrected chi connectivity index (χ2v) is 9.98. The Kier molecular flexibility index (Phi) is 4.96. The van der Waals surface area contributed by atoms with Crippen LogP contribution in [0, 0.1) is 11.3 Å². The minimum Gasteiger partial charge on any atom is -0.507 e. The van der Waals surface area contributed by atoms with Crippen molar-refractivity contribution in [2.75, 3.05) is 4.90 Å². The molecular formula is C23H22FN7OS. The van der Waals surface area contributed by atoms with Gasteiger partial charge in [0.1, 0.15) is 18.0 Å². The average Bonchev–Trinajstić information content (AvgIpc) is 3.39. The van der Waals surface area contributed by atoms with Crippen LogP contribution < -0.4 is 10.2 Å². The Labute approximate surface area is 194 Å². The Bertz CT molecular complexity index is 1220. The van der Waals surface area contributed by atoms with Gasteiger partial charge in [0.2, 0.25) is 0 Å². The van der Waals surface area contributed by atoms with E-state index in [9.17, 15) is 5.11 Å². The SMILES string of the molecule is N#Cc1ncc(-c2ccc(-c3ncc(N(C4CC4)[C@@H]4C[C@@H]5CC[C@@H](N5)[C@@H]4F)nn3)c(O)c2)s1. The van der Waals surface area contributed by atoms with Gasteiger partial charge >= 0.3 is 0 Å². The molecule has 4 heterocycles. The third kappa shape index (κ3) is 3.71. The van der Waals surface area contributed by atoms with E-state index in [-0.39, 0.29) is 23.9 Å². The molecule has 10 heteroatoms. The highest BCUT2D eigenvalue weighted by molar-refractivity contribution is 7.15. The number of alkyl halides is 1. The predicted molar refractivity (Wildman–Crippen MR) is 121 cm³/mol. The zero-order valence-electron chi connectivity index (χ0n) is 17.7. The van der Waals surface area contributed by atoms with Crippen LogP contribution in [0.4, 0.5) is 10.2 Å². The highest BCUT2D eigenvalue weighted by Crippen LogP contribution is 2.40. The fraction of sp³-hybridized carbons (Fsp3) is 0.435. The lowest BCUT2D eigenvalue weighted by molar-refractivity contribution is 0.171. The van der Waals surface area contributed by atoms with Gasteiger partial charge in [-0.2, -0.15) is 5.26 Å². The Morgan fingerprint density at radius 1 is 1.15 bits per heavy atom. The van der Waals surface area contributed by atoms with Crippen LogP contribution in [0.15, 0.2) is 30.6 Å². The molecule has 0 amide bonds. The number of thiazole rings is 1. The summed E-state index contributed by atoms with van der Waals surface area (Å²) in [6.45, 7) is 0. The van der Waals surface area contributed by atoms with E-state index < -0.39 is 6.17 Å². The third-order valence-electron chi connectivity index (χ3n) is 6.79. The average molecular weight is 464 g/mol. The Morgan fingerprint density at radius 3 is 2.73 bits per heavy atom. The summed E-state index contributed by atoms with van der Waals surface area (Å²) < 4.78 is 15.2. The molecule has 2 aromatic heterocycles. The number of halogens is 1. The van der Waals surface area contributed by atoms with Crippen molar-refractivity contribution in [2.45, 2.75) is 62.4 Å². The van der Waals surface area contributed by atoms with E-state index >= 15 is 4.39 Å². The van der Waals surface area contributed by atoms with Gasteiger partial charge in [0.05, 0.1) is 22.7 Å². The highest BCUT2D eigenvalue weighted by atomic mass is 32.1. The van der Waals surface area contributed by atoms with Crippen LogP contribution in [-0.2, 0) is 0 Å². The van der Waals surface area contributed by atoms with E-state index in [0.29, 0.717) is 28.3 Å². The minimum atomic E-state index is -0.935. The van der Waals surface area contributed by atoms with Crippen molar-refractivity contribution in [1.82, 2.24) is 25.5 Å². The maximum Gasteiger partial charge on any atom is 0.194 e. The van der Waals surface area contributed by atoms with Gasteiger partial charge in [-0.25, -0.2) is 14.4 Å². The number of rotatable bonds is 5. The number of aromatic nitrogens is 4. The number of nitriles is 1. The van der Waals surface area contributed by atoms with Crippen molar-refractivity contribution in [3.8, 4) is 33.6 Å². The van der Waals surface area contributed by atoms with Crippen LogP contribution >= 0.6 is 11.3 Å². The van der Waals surface area contributed by atoms with Gasteiger partial charge in [0.15, 0.2) is 16.6 Å². The number of piperidine rings is 1. The lowest BCUT2D eigenvalue weighted by atomic mass is 9.96. The summed E-state index contributed by atoms with van der Waals surface area (Å²) in [6, 6.07) is 7.56. The van der Waals surface area contributed by atoms with Crippen LogP contribution in [0.25, 0.3) is 21.8 Å². The van der Waals surface area contributed by atoms with Crippen molar-refractivity contribution in [3.05, 3.63) is 35.6 Å². The number of benzene rings is 1. The van der Waals surface area contributed by atoms with Crippen LogP contribution in [0.3, 0.4) is 0 Å². The molecule has 0 spiro atoms. The molecule has 4 atom stereocenters. The molecule has 8 nitrogen and oxygen atoms in total. The molecule has 2 N–H and O–H groups in total. The van der Waals surface area contributed by atoms with Gasteiger partial charge in [-0.15, -0.1) is 21.5 Å². The predicted octanol–water partition coefficient (Wildman–Crippen LogP) is 3.44. The van der Waals surface area contributed by atoms with Gasteiger partial charge in [-0.3, -0.25) is 0 Å². The maximum atomic E-state index is 15.2. The first-order valence-electron chi connectivity index (χ1n) is 11.2. The number of nitrogens with zero attached hydrogens (tertiary/aromatic N) is 6. The molecule has 1 aromatic carbocycles. The fourth-order valence-electron chi connectivity index (χ4n) is 5.07. The minimum absolute atomic E-state index is 0.0201. The van der Waals surface area contributed by atoms with E-state index in [1.165, 1.54) is 11.3 Å². The van der Waals surface area contributed by atoms with Crippen LogP contribution in [0.2, 0.25) is 0 Å². The zero-order chi connectivity index (χ0) is 22.5. The first-order chi connectivity index (χ1) is 16.1. The van der Waals surface area contributed by atoms with Crippen LogP contribution in [0.5, 0.6) is 5.75 Å². The monoisotopic (exact) mass is 463 g/mol. The molecular weight excluding hydrogens is 441 g/mol. The van der Waals surface area contributed by atoms with Crippen molar-refractivity contribution < 1.29 is 9.50 Å². The number of hydrogen-bond donors (Lipinski definition) is 2. The lowest BCUT2D eigenvalue weighted by Gasteiger charge is -2.40. The Morgan fingerprint density at radius 2 is 2.03 bits per heavy atom. The summed E-state index contributed by atoms with van der Waals surface area (Å²) in [6.07, 6.45) is 7.07. The van der Waals surface area contributed by atoms with E-state index in [4.69, 9.17) is 5.26 Å². The molecule has 2 bridgehead atoms. The second kappa shape index (κ2) is 8.01. The second-order valence-electron chi connectivity index (χ2n) is 8.95.